The molecule has 0 spiro atoms. The van der Waals surface area contributed by atoms with Crippen molar-refractivity contribution >= 4 is 102 Å². The SMILES string of the molecule is CCN(CCCl)C(=O)C(Cc1ccccc1)N1C(=O)c2cc(Oc3ccc(C)cc3)c3c4c(Oc5ccc(C)cc5)cc5c6c(cc(Oc7ccc(C)cc7)c(c7c(Oc8ccc(C)cc8)cc(c2c37)C1=O)c64)C(=O)N(C(Cc1ccccc1)C(=O)N(CC)CCCl)C5=O. The molecule has 0 aromatic heterocycles. The second-order valence-electron chi connectivity index (χ2n) is 23.9. The summed E-state index contributed by atoms with van der Waals surface area (Å²) in [6.45, 7) is 12.2. The number of hydrogen-bond donors (Lipinski definition) is 0. The van der Waals surface area contributed by atoms with Gasteiger partial charge in [-0.15, -0.1) is 23.2 Å². The molecule has 2 aliphatic heterocycles. The number of carbonyl (C=O) groups is 6. The predicted octanol–water partition coefficient (Wildman–Crippen LogP) is 16.7. The van der Waals surface area contributed by atoms with Gasteiger partial charge in [0.15, 0.2) is 0 Å². The fourth-order valence-electron chi connectivity index (χ4n) is 13.1. The summed E-state index contributed by atoms with van der Waals surface area (Å²) in [5.41, 5.74) is 5.33. The van der Waals surface area contributed by atoms with Gasteiger partial charge in [0.2, 0.25) is 11.8 Å². The number of aryl methyl sites for hydroxylation is 4. The monoisotopic (exact) mass is 1290 g/mol. The lowest BCUT2D eigenvalue weighted by Crippen LogP contribution is -2.56. The Hall–Kier alpha value is -10.3. The minimum Gasteiger partial charge on any atom is -0.457 e. The first-order chi connectivity index (χ1) is 45.6. The van der Waals surface area contributed by atoms with E-state index in [0.717, 1.165) is 32.1 Å². The number of hydrogen-bond acceptors (Lipinski definition) is 10. The molecule has 11 aromatic rings. The van der Waals surface area contributed by atoms with Crippen LogP contribution in [0, 0.1) is 27.7 Å². The average Bonchev–Trinajstić information content (AvgIpc) is 0.672. The van der Waals surface area contributed by atoms with Gasteiger partial charge in [0, 0.05) is 93.9 Å². The number of benzene rings is 11. The molecule has 0 radical (unpaired) electrons. The van der Waals surface area contributed by atoms with Crippen molar-refractivity contribution in [2.45, 2.75) is 66.5 Å². The van der Waals surface area contributed by atoms with E-state index in [9.17, 15) is 0 Å². The molecule has 2 unspecified atom stereocenters. The zero-order chi connectivity index (χ0) is 65.6. The average molecular weight is 1290 g/mol. The smallest absolute Gasteiger partial charge is 0.262 e. The molecule has 2 aliphatic rings. The lowest BCUT2D eigenvalue weighted by molar-refractivity contribution is -0.135. The van der Waals surface area contributed by atoms with E-state index < -0.39 is 47.5 Å². The molecule has 11 aromatic carbocycles. The lowest BCUT2D eigenvalue weighted by Gasteiger charge is -2.37. The van der Waals surface area contributed by atoms with Crippen LogP contribution in [0.5, 0.6) is 46.0 Å². The van der Waals surface area contributed by atoms with Crippen molar-refractivity contribution in [2.24, 2.45) is 0 Å². The van der Waals surface area contributed by atoms with E-state index >= 15 is 28.8 Å². The Balaban J connectivity index is 1.20. The molecule has 0 N–H and O–H groups in total. The van der Waals surface area contributed by atoms with E-state index in [-0.39, 0.29) is 107 Å². The number of alkyl halides is 2. The van der Waals surface area contributed by atoms with Gasteiger partial charge in [-0.3, -0.25) is 38.6 Å². The minimum absolute atomic E-state index is 0.0240. The first kappa shape index (κ1) is 62.5. The van der Waals surface area contributed by atoms with Crippen LogP contribution >= 0.6 is 23.2 Å². The maximum atomic E-state index is 16.3. The molecule has 14 nitrogen and oxygen atoms in total. The van der Waals surface area contributed by atoms with E-state index in [0.29, 0.717) is 66.4 Å². The number of rotatable bonds is 22. The molecule has 6 amide bonds. The molecule has 0 bridgehead atoms. The molecule has 0 fully saturated rings. The van der Waals surface area contributed by atoms with Crippen LogP contribution in [0.15, 0.2) is 182 Å². The van der Waals surface area contributed by atoms with Gasteiger partial charge in [0.1, 0.15) is 58.1 Å². The van der Waals surface area contributed by atoms with E-state index in [2.05, 4.69) is 0 Å². The van der Waals surface area contributed by atoms with Crippen LogP contribution < -0.4 is 18.9 Å². The molecule has 0 saturated heterocycles. The molecule has 13 rings (SSSR count). The largest absolute Gasteiger partial charge is 0.457 e. The Kier molecular flexibility index (Phi) is 17.3. The van der Waals surface area contributed by atoms with Gasteiger partial charge < -0.3 is 28.7 Å². The number of likely N-dealkylation sites (N-methyl/N-ethyl adjacent to an activating group) is 2. The summed E-state index contributed by atoms with van der Waals surface area (Å²) < 4.78 is 28.8. The number of ether oxygens (including phenoxy) is 4. The maximum Gasteiger partial charge on any atom is 0.262 e. The van der Waals surface area contributed by atoms with Gasteiger partial charge in [-0.2, -0.15) is 0 Å². The highest BCUT2D eigenvalue weighted by Gasteiger charge is 2.47. The molecule has 94 heavy (non-hydrogen) atoms. The highest BCUT2D eigenvalue weighted by molar-refractivity contribution is 6.45. The van der Waals surface area contributed by atoms with E-state index in [4.69, 9.17) is 42.1 Å². The van der Waals surface area contributed by atoms with Crippen LogP contribution in [0.2, 0.25) is 0 Å². The van der Waals surface area contributed by atoms with Gasteiger partial charge in [-0.25, -0.2) is 0 Å². The molecule has 0 saturated carbocycles. The second-order valence-corrected chi connectivity index (χ2v) is 24.7. The molecule has 0 aliphatic carbocycles. The Labute approximate surface area is 554 Å². The number of nitrogens with zero attached hydrogens (tertiary/aromatic N) is 4. The maximum absolute atomic E-state index is 16.3. The summed E-state index contributed by atoms with van der Waals surface area (Å²) in [7, 11) is 0. The number of imide groups is 2. The van der Waals surface area contributed by atoms with Crippen molar-refractivity contribution < 1.29 is 47.7 Å². The Morgan fingerprint density at radius 2 is 0.628 bits per heavy atom. The minimum atomic E-state index is -1.35. The highest BCUT2D eigenvalue weighted by Crippen LogP contribution is 2.58. The van der Waals surface area contributed by atoms with Gasteiger partial charge in [-0.05, 0) is 125 Å². The molecular formula is C78H66Cl2N4O10. The summed E-state index contributed by atoms with van der Waals surface area (Å²) in [5.74, 6) is -1.85. The van der Waals surface area contributed by atoms with Crippen LogP contribution in [0.1, 0.15) is 88.7 Å². The zero-order valence-corrected chi connectivity index (χ0v) is 54.3. The standard InChI is InChI=1S/C78H66Cl2N4O10/c1-7-81(37-35-79)77(89)59(39-49-15-11-9-12-16-49)83-73(85)55-41-61(91-51-27-19-45(3)20-28-51)67-69-63(93-53-31-23-47(5)24-32-53)43-57-66-58(76(88)84(75(57)87)60(40-50-17-13-10-14-18-50)78(90)82(8-2)38-36-80)44-64(94-54-33-25-48(6)26-34-54)70(72(66)69)68-62(92-52-29-21-46(4)22-30-52)42-56(74(83)86)65(55)71(67)68/h9-34,41-44,59-60H,7-8,35-40H2,1-6H3. The molecule has 16 heteroatoms. The molecule has 472 valence electrons. The number of amides is 6. The van der Waals surface area contributed by atoms with Crippen molar-refractivity contribution in [2.75, 3.05) is 37.9 Å². The van der Waals surface area contributed by atoms with Crippen molar-refractivity contribution in [3.05, 3.63) is 238 Å². The van der Waals surface area contributed by atoms with Crippen molar-refractivity contribution in [3.63, 3.8) is 0 Å². The van der Waals surface area contributed by atoms with Crippen LogP contribution in [-0.4, -0.2) is 105 Å². The second kappa shape index (κ2) is 26.0. The third kappa shape index (κ3) is 11.4. The number of halogens is 2. The first-order valence-corrected chi connectivity index (χ1v) is 32.5. The predicted molar refractivity (Wildman–Crippen MR) is 367 cm³/mol. The number of carbonyl (C=O) groups excluding carboxylic acids is 6. The molecule has 2 atom stereocenters. The van der Waals surface area contributed by atoms with Crippen LogP contribution in [-0.2, 0) is 22.4 Å². The van der Waals surface area contributed by atoms with Crippen LogP contribution in [0.25, 0.3) is 43.1 Å². The van der Waals surface area contributed by atoms with Crippen LogP contribution in [0.4, 0.5) is 0 Å². The molecule has 2 heterocycles. The Morgan fingerprint density at radius 3 is 0.862 bits per heavy atom. The van der Waals surface area contributed by atoms with Crippen LogP contribution in [0.3, 0.4) is 0 Å². The lowest BCUT2D eigenvalue weighted by atomic mass is 9.80. The Bertz CT molecular complexity index is 4270. The van der Waals surface area contributed by atoms with E-state index in [1.807, 2.05) is 151 Å². The van der Waals surface area contributed by atoms with Crippen molar-refractivity contribution in [3.8, 4) is 46.0 Å². The van der Waals surface area contributed by atoms with Gasteiger partial charge >= 0.3 is 0 Å². The first-order valence-electron chi connectivity index (χ1n) is 31.4. The third-order valence-corrected chi connectivity index (χ3v) is 18.1. The third-order valence-electron chi connectivity index (χ3n) is 17.8. The topological polar surface area (TPSA) is 152 Å². The van der Waals surface area contributed by atoms with Gasteiger partial charge in [-0.1, -0.05) is 131 Å². The normalized spacial score (nSPS) is 13.5. The number of fused-ring (bicyclic) bond motifs is 2. The van der Waals surface area contributed by atoms with Gasteiger partial charge in [0.25, 0.3) is 23.6 Å². The zero-order valence-electron chi connectivity index (χ0n) is 52.8. The van der Waals surface area contributed by atoms with E-state index in [1.165, 1.54) is 0 Å². The summed E-state index contributed by atoms with van der Waals surface area (Å²) in [4.78, 5) is 101. The quantitative estimate of drug-likeness (QED) is 0.0277. The van der Waals surface area contributed by atoms with Crippen molar-refractivity contribution in [1.29, 1.82) is 0 Å². The van der Waals surface area contributed by atoms with Crippen molar-refractivity contribution in [1.82, 2.24) is 19.6 Å². The Morgan fingerprint density at radius 1 is 0.372 bits per heavy atom. The fourth-order valence-corrected chi connectivity index (χ4v) is 13.5. The highest BCUT2D eigenvalue weighted by atomic mass is 35.5. The fraction of sp³-hybridized carbons (Fsp3) is 0.205. The van der Waals surface area contributed by atoms with E-state index in [1.54, 1.807) is 82.6 Å². The van der Waals surface area contributed by atoms with Gasteiger partial charge in [0.05, 0.1) is 22.3 Å². The summed E-state index contributed by atoms with van der Waals surface area (Å²) >= 11 is 12.7. The summed E-state index contributed by atoms with van der Waals surface area (Å²) in [6.07, 6.45) is -0.0480. The summed E-state index contributed by atoms with van der Waals surface area (Å²) in [5, 5.41) is 2.30. The summed E-state index contributed by atoms with van der Waals surface area (Å²) in [6, 6.07) is 51.7. The molecular weight excluding hydrogens is 1220 g/mol.